The first-order valence-electron chi connectivity index (χ1n) is 6.75. The summed E-state index contributed by atoms with van der Waals surface area (Å²) in [5.74, 6) is 0.610. The van der Waals surface area contributed by atoms with E-state index in [2.05, 4.69) is 23.2 Å². The van der Waals surface area contributed by atoms with Crippen LogP contribution in [0.15, 0.2) is 23.4 Å². The monoisotopic (exact) mass is 327 g/mol. The Morgan fingerprint density at radius 2 is 1.90 bits per heavy atom. The van der Waals surface area contributed by atoms with Gasteiger partial charge in [-0.3, -0.25) is 0 Å². The van der Waals surface area contributed by atoms with Gasteiger partial charge in [0.1, 0.15) is 5.82 Å². The van der Waals surface area contributed by atoms with E-state index in [1.54, 1.807) is 4.57 Å². The van der Waals surface area contributed by atoms with Crippen molar-refractivity contribution in [3.8, 4) is 0 Å². The molecule has 0 unspecified atom stereocenters. The molecule has 0 radical (unpaired) electrons. The first-order valence-corrected chi connectivity index (χ1v) is 9.06. The quantitative estimate of drug-likeness (QED) is 0.792. The van der Waals surface area contributed by atoms with Crippen molar-refractivity contribution in [2.75, 3.05) is 0 Å². The van der Waals surface area contributed by atoms with Crippen LogP contribution < -0.4 is 0 Å². The lowest BCUT2D eigenvalue weighted by molar-refractivity contribution is 0.558. The predicted octanol–water partition coefficient (Wildman–Crippen LogP) is 2.82. The number of aryl methyl sites for hydroxylation is 2. The molecule has 5 nitrogen and oxygen atoms in total. The molecule has 0 aliphatic rings. The zero-order valence-electron chi connectivity index (χ0n) is 12.3. The molecule has 0 amide bonds. The highest BCUT2D eigenvalue weighted by atomic mass is 35.7. The minimum absolute atomic E-state index is 0.176. The maximum absolute atomic E-state index is 11.5. The molecule has 0 aliphatic heterocycles. The molecular weight excluding hydrogens is 310 g/mol. The summed E-state index contributed by atoms with van der Waals surface area (Å²) < 4.78 is 24.7. The molecule has 0 spiro atoms. The Kier molecular flexibility index (Phi) is 4.68. The van der Waals surface area contributed by atoms with Gasteiger partial charge in [-0.1, -0.05) is 25.1 Å². The topological polar surface area (TPSA) is 64.8 Å². The Balaban J connectivity index is 2.40. The molecule has 1 heterocycles. The zero-order valence-corrected chi connectivity index (χ0v) is 13.9. The van der Waals surface area contributed by atoms with Gasteiger partial charge >= 0.3 is 0 Å². The van der Waals surface area contributed by atoms with E-state index in [1.165, 1.54) is 11.1 Å². The zero-order chi connectivity index (χ0) is 15.6. The van der Waals surface area contributed by atoms with Gasteiger partial charge in [-0.2, -0.15) is 0 Å². The van der Waals surface area contributed by atoms with Gasteiger partial charge in [-0.25, -0.2) is 8.42 Å². The van der Waals surface area contributed by atoms with Crippen LogP contribution in [0.3, 0.4) is 0 Å². The van der Waals surface area contributed by atoms with Crippen molar-refractivity contribution in [1.82, 2.24) is 14.8 Å². The molecule has 0 fully saturated rings. The smallest absolute Gasteiger partial charge is 0.296 e. The summed E-state index contributed by atoms with van der Waals surface area (Å²) in [6.07, 6.45) is 1.30. The fraction of sp³-hybridized carbons (Fsp3) is 0.429. The standard InChI is InChI=1S/C14H18ClN3O2S/c1-4-7-18-13(16-17-14(18)21(15,19)20)9-12-6-5-10(2)11(3)8-12/h5-6,8H,4,7,9H2,1-3H3. The fourth-order valence-electron chi connectivity index (χ4n) is 2.17. The third-order valence-corrected chi connectivity index (χ3v) is 4.54. The number of aromatic nitrogens is 3. The Hall–Kier alpha value is -1.40. The van der Waals surface area contributed by atoms with Crippen LogP contribution >= 0.6 is 10.7 Å². The van der Waals surface area contributed by atoms with E-state index in [-0.39, 0.29) is 5.16 Å². The molecule has 0 saturated carbocycles. The highest BCUT2D eigenvalue weighted by Crippen LogP contribution is 2.18. The second-order valence-corrected chi connectivity index (χ2v) is 7.54. The predicted molar refractivity (Wildman–Crippen MR) is 82.1 cm³/mol. The van der Waals surface area contributed by atoms with Gasteiger partial charge in [0, 0.05) is 23.6 Å². The summed E-state index contributed by atoms with van der Waals surface area (Å²) in [6, 6.07) is 6.14. The molecule has 7 heteroatoms. The minimum atomic E-state index is -3.88. The van der Waals surface area contributed by atoms with Gasteiger partial charge in [0.05, 0.1) is 0 Å². The molecule has 0 atom stereocenters. The van der Waals surface area contributed by atoms with Gasteiger partial charge in [0.2, 0.25) is 0 Å². The van der Waals surface area contributed by atoms with E-state index < -0.39 is 9.05 Å². The van der Waals surface area contributed by atoms with E-state index in [0.717, 1.165) is 12.0 Å². The van der Waals surface area contributed by atoms with Crippen molar-refractivity contribution >= 4 is 19.7 Å². The Morgan fingerprint density at radius 1 is 1.19 bits per heavy atom. The number of hydrogen-bond donors (Lipinski definition) is 0. The minimum Gasteiger partial charge on any atom is -0.301 e. The summed E-state index contributed by atoms with van der Waals surface area (Å²) >= 11 is 0. The van der Waals surface area contributed by atoms with Crippen LogP contribution in [0.5, 0.6) is 0 Å². The van der Waals surface area contributed by atoms with Crippen molar-refractivity contribution in [3.05, 3.63) is 40.7 Å². The van der Waals surface area contributed by atoms with Crippen LogP contribution in [0.1, 0.15) is 35.9 Å². The number of halogens is 1. The molecule has 21 heavy (non-hydrogen) atoms. The third-order valence-electron chi connectivity index (χ3n) is 3.39. The molecule has 2 rings (SSSR count). The number of benzene rings is 1. The highest BCUT2D eigenvalue weighted by Gasteiger charge is 2.22. The van der Waals surface area contributed by atoms with E-state index >= 15 is 0 Å². The number of rotatable bonds is 5. The molecule has 0 N–H and O–H groups in total. The lowest BCUT2D eigenvalue weighted by Gasteiger charge is -2.08. The van der Waals surface area contributed by atoms with Gasteiger partial charge in [0.25, 0.3) is 14.2 Å². The van der Waals surface area contributed by atoms with E-state index in [0.29, 0.717) is 18.8 Å². The van der Waals surface area contributed by atoms with Gasteiger partial charge in [0.15, 0.2) is 0 Å². The second-order valence-electron chi connectivity index (χ2n) is 5.08. The Labute approximate surface area is 129 Å². The molecule has 0 aliphatic carbocycles. The highest BCUT2D eigenvalue weighted by molar-refractivity contribution is 8.13. The molecule has 1 aromatic heterocycles. The normalized spacial score (nSPS) is 11.8. The van der Waals surface area contributed by atoms with Gasteiger partial charge < -0.3 is 4.57 Å². The van der Waals surface area contributed by atoms with Crippen molar-refractivity contribution in [2.24, 2.45) is 0 Å². The summed E-state index contributed by atoms with van der Waals surface area (Å²) in [5.41, 5.74) is 3.48. The van der Waals surface area contributed by atoms with E-state index in [1.807, 2.05) is 26.0 Å². The van der Waals surface area contributed by atoms with Crippen LogP contribution in [0.25, 0.3) is 0 Å². The number of hydrogen-bond acceptors (Lipinski definition) is 4. The van der Waals surface area contributed by atoms with Crippen molar-refractivity contribution < 1.29 is 8.42 Å². The first-order chi connectivity index (χ1) is 9.82. The average molecular weight is 328 g/mol. The van der Waals surface area contributed by atoms with Gasteiger partial charge in [-0.15, -0.1) is 10.2 Å². The maximum Gasteiger partial charge on any atom is 0.296 e. The first kappa shape index (κ1) is 16.0. The summed E-state index contributed by atoms with van der Waals surface area (Å²) in [4.78, 5) is 0. The van der Waals surface area contributed by atoms with Gasteiger partial charge in [-0.05, 0) is 37.0 Å². The van der Waals surface area contributed by atoms with E-state index in [9.17, 15) is 8.42 Å². The lowest BCUT2D eigenvalue weighted by atomic mass is 10.0. The van der Waals surface area contributed by atoms with Crippen molar-refractivity contribution in [1.29, 1.82) is 0 Å². The van der Waals surface area contributed by atoms with Crippen LogP contribution in [-0.2, 0) is 22.0 Å². The fourth-order valence-corrected chi connectivity index (χ4v) is 3.12. The summed E-state index contributed by atoms with van der Waals surface area (Å²) in [5, 5.41) is 7.56. The molecule has 2 aromatic rings. The molecule has 0 bridgehead atoms. The SMILES string of the molecule is CCCn1c(Cc2ccc(C)c(C)c2)nnc1S(=O)(=O)Cl. The molecule has 114 valence electrons. The van der Waals surface area contributed by atoms with E-state index in [4.69, 9.17) is 10.7 Å². The second kappa shape index (κ2) is 6.15. The Morgan fingerprint density at radius 3 is 2.48 bits per heavy atom. The van der Waals surface area contributed by atoms with Crippen LogP contribution in [0, 0.1) is 13.8 Å². The largest absolute Gasteiger partial charge is 0.301 e. The third kappa shape index (κ3) is 3.63. The van der Waals surface area contributed by atoms with Crippen LogP contribution in [0.2, 0.25) is 0 Å². The van der Waals surface area contributed by atoms with Crippen molar-refractivity contribution in [3.63, 3.8) is 0 Å². The molecule has 1 aromatic carbocycles. The molecular formula is C14H18ClN3O2S. The summed E-state index contributed by atoms with van der Waals surface area (Å²) in [7, 11) is 1.53. The lowest BCUT2D eigenvalue weighted by Crippen LogP contribution is -2.10. The average Bonchev–Trinajstić information content (AvgIpc) is 2.77. The summed E-state index contributed by atoms with van der Waals surface area (Å²) in [6.45, 7) is 6.58. The van der Waals surface area contributed by atoms with Crippen molar-refractivity contribution in [2.45, 2.75) is 45.3 Å². The molecule has 0 saturated heterocycles. The number of nitrogens with zero attached hydrogens (tertiary/aromatic N) is 3. The maximum atomic E-state index is 11.5. The Bertz CT molecular complexity index is 754. The van der Waals surface area contributed by atoms with Crippen LogP contribution in [-0.4, -0.2) is 23.2 Å². The van der Waals surface area contributed by atoms with Crippen LogP contribution in [0.4, 0.5) is 0 Å².